The van der Waals surface area contributed by atoms with E-state index in [2.05, 4.69) is 24.3 Å². The van der Waals surface area contributed by atoms with Gasteiger partial charge in [-0.05, 0) is 26.0 Å². The van der Waals surface area contributed by atoms with Crippen molar-refractivity contribution in [2.24, 2.45) is 7.05 Å². The molecular weight excluding hydrogens is 264 g/mol. The second kappa shape index (κ2) is 6.73. The summed E-state index contributed by atoms with van der Waals surface area (Å²) in [6, 6.07) is 2.58. The summed E-state index contributed by atoms with van der Waals surface area (Å²) >= 11 is 0. The molecule has 0 radical (unpaired) electrons. The van der Waals surface area contributed by atoms with Crippen LogP contribution in [0.1, 0.15) is 19.5 Å². The molecule has 2 unspecified atom stereocenters. The summed E-state index contributed by atoms with van der Waals surface area (Å²) in [5.74, 6) is 0.0661. The lowest BCUT2D eigenvalue weighted by Crippen LogP contribution is -2.55. The number of aromatic nitrogens is 2. The zero-order valence-electron chi connectivity index (χ0n) is 11.5. The van der Waals surface area contributed by atoms with Gasteiger partial charge in [0.25, 0.3) is 0 Å². The molecule has 1 aromatic rings. The van der Waals surface area contributed by atoms with Gasteiger partial charge in [-0.3, -0.25) is 9.48 Å². The smallest absolute Gasteiger partial charge is 0.246 e. The van der Waals surface area contributed by atoms with Crippen LogP contribution < -0.4 is 5.32 Å². The summed E-state index contributed by atoms with van der Waals surface area (Å²) in [7, 11) is 1.86. The Morgan fingerprint density at radius 3 is 2.58 bits per heavy atom. The van der Waals surface area contributed by atoms with Gasteiger partial charge in [0.1, 0.15) is 0 Å². The van der Waals surface area contributed by atoms with E-state index in [1.165, 1.54) is 0 Å². The molecule has 0 saturated carbocycles. The molecule has 0 aliphatic carbocycles. The van der Waals surface area contributed by atoms with Gasteiger partial charge in [-0.15, -0.1) is 12.4 Å². The molecule has 0 bridgehead atoms. The first-order chi connectivity index (χ1) is 8.56. The second-order valence-corrected chi connectivity index (χ2v) is 4.92. The first-order valence-electron chi connectivity index (χ1n) is 6.27. The van der Waals surface area contributed by atoms with E-state index in [0.717, 1.165) is 18.8 Å². The Bertz CT molecular complexity index is 447. The van der Waals surface area contributed by atoms with E-state index in [1.54, 1.807) is 17.0 Å². The van der Waals surface area contributed by atoms with Gasteiger partial charge in [-0.2, -0.15) is 5.10 Å². The van der Waals surface area contributed by atoms with Gasteiger partial charge >= 0.3 is 0 Å². The van der Waals surface area contributed by atoms with Crippen molar-refractivity contribution in [3.05, 3.63) is 24.0 Å². The van der Waals surface area contributed by atoms with Crippen LogP contribution in [-0.2, 0) is 11.8 Å². The maximum absolute atomic E-state index is 12.1. The zero-order chi connectivity index (χ0) is 13.1. The average Bonchev–Trinajstić information content (AvgIpc) is 2.70. The Labute approximate surface area is 120 Å². The summed E-state index contributed by atoms with van der Waals surface area (Å²) in [5, 5.41) is 7.47. The summed E-state index contributed by atoms with van der Waals surface area (Å²) < 4.78 is 1.74. The number of carbonyl (C=O) groups excluding carboxylic acids is 1. The number of piperazine rings is 1. The summed E-state index contributed by atoms with van der Waals surface area (Å²) in [4.78, 5) is 14.0. The molecule has 5 nitrogen and oxygen atoms in total. The predicted octanol–water partition coefficient (Wildman–Crippen LogP) is 1.06. The van der Waals surface area contributed by atoms with E-state index in [4.69, 9.17) is 0 Å². The van der Waals surface area contributed by atoms with Gasteiger partial charge < -0.3 is 10.2 Å². The average molecular weight is 285 g/mol. The van der Waals surface area contributed by atoms with Crippen molar-refractivity contribution in [1.82, 2.24) is 20.0 Å². The minimum Gasteiger partial charge on any atom is -0.336 e. The number of carbonyl (C=O) groups is 1. The first-order valence-corrected chi connectivity index (χ1v) is 6.27. The SMILES string of the molecule is CC1CN(C(=O)/C=C/c2ccnn2C)CC(C)N1.Cl. The highest BCUT2D eigenvalue weighted by Gasteiger charge is 2.23. The molecule has 1 amide bonds. The number of halogens is 1. The standard InChI is InChI=1S/C13H20N4O.ClH/c1-10-8-17(9-11(2)15-10)13(18)5-4-12-6-7-14-16(12)3;/h4-7,10-11,15H,8-9H2,1-3H3;1H/b5-4+;. The number of hydrogen-bond donors (Lipinski definition) is 1. The van der Waals surface area contributed by atoms with Crippen molar-refractivity contribution in [2.75, 3.05) is 13.1 Å². The monoisotopic (exact) mass is 284 g/mol. The minimum absolute atomic E-state index is 0. The third-order valence-electron chi connectivity index (χ3n) is 3.12. The van der Waals surface area contributed by atoms with Gasteiger partial charge in [0, 0.05) is 44.5 Å². The third kappa shape index (κ3) is 4.08. The molecule has 1 aliphatic heterocycles. The highest BCUT2D eigenvalue weighted by molar-refractivity contribution is 5.91. The molecule has 1 aromatic heterocycles. The number of nitrogens with zero attached hydrogens (tertiary/aromatic N) is 3. The molecule has 1 saturated heterocycles. The van der Waals surface area contributed by atoms with Crippen LogP contribution in [0.25, 0.3) is 6.08 Å². The number of hydrogen-bond acceptors (Lipinski definition) is 3. The number of rotatable bonds is 2. The molecule has 2 atom stereocenters. The normalized spacial score (nSPS) is 23.4. The highest BCUT2D eigenvalue weighted by atomic mass is 35.5. The van der Waals surface area contributed by atoms with Crippen molar-refractivity contribution in [3.8, 4) is 0 Å². The van der Waals surface area contributed by atoms with Crippen molar-refractivity contribution in [1.29, 1.82) is 0 Å². The van der Waals surface area contributed by atoms with Gasteiger partial charge in [-0.1, -0.05) is 0 Å². The van der Waals surface area contributed by atoms with Crippen LogP contribution in [0, 0.1) is 0 Å². The van der Waals surface area contributed by atoms with Crippen LogP contribution in [-0.4, -0.2) is 45.8 Å². The van der Waals surface area contributed by atoms with Gasteiger partial charge in [0.05, 0.1) is 5.69 Å². The third-order valence-corrected chi connectivity index (χ3v) is 3.12. The molecular formula is C13H21ClN4O. The minimum atomic E-state index is 0. The van der Waals surface area contributed by atoms with E-state index in [-0.39, 0.29) is 18.3 Å². The first kappa shape index (κ1) is 15.7. The fourth-order valence-electron chi connectivity index (χ4n) is 2.32. The Balaban J connectivity index is 0.00000180. The van der Waals surface area contributed by atoms with Crippen LogP contribution in [0.4, 0.5) is 0 Å². The summed E-state index contributed by atoms with van der Waals surface area (Å²) in [6.07, 6.45) is 5.16. The van der Waals surface area contributed by atoms with E-state index in [0.29, 0.717) is 12.1 Å². The fraction of sp³-hybridized carbons (Fsp3) is 0.538. The van der Waals surface area contributed by atoms with Crippen molar-refractivity contribution >= 4 is 24.4 Å². The lowest BCUT2D eigenvalue weighted by Gasteiger charge is -2.35. The molecule has 0 spiro atoms. The Hall–Kier alpha value is -1.33. The quantitative estimate of drug-likeness (QED) is 0.827. The van der Waals surface area contributed by atoms with Crippen molar-refractivity contribution in [2.45, 2.75) is 25.9 Å². The Morgan fingerprint density at radius 2 is 2.05 bits per heavy atom. The van der Waals surface area contributed by atoms with E-state index in [9.17, 15) is 4.79 Å². The van der Waals surface area contributed by atoms with E-state index < -0.39 is 0 Å². The molecule has 1 aliphatic rings. The molecule has 1 N–H and O–H groups in total. The van der Waals surface area contributed by atoms with Crippen LogP contribution in [0.3, 0.4) is 0 Å². The highest BCUT2D eigenvalue weighted by Crippen LogP contribution is 2.06. The van der Waals surface area contributed by atoms with Gasteiger partial charge in [-0.25, -0.2) is 0 Å². The van der Waals surface area contributed by atoms with Crippen LogP contribution in [0.5, 0.6) is 0 Å². The second-order valence-electron chi connectivity index (χ2n) is 4.92. The lowest BCUT2D eigenvalue weighted by molar-refractivity contribution is -0.127. The lowest BCUT2D eigenvalue weighted by atomic mass is 10.1. The molecule has 0 aromatic carbocycles. The fourth-order valence-corrected chi connectivity index (χ4v) is 2.32. The van der Waals surface area contributed by atoms with Gasteiger partial charge in [0.2, 0.25) is 5.91 Å². The Kier molecular flexibility index (Phi) is 5.57. The maximum atomic E-state index is 12.1. The zero-order valence-corrected chi connectivity index (χ0v) is 12.4. The molecule has 1 fully saturated rings. The topological polar surface area (TPSA) is 50.2 Å². The largest absolute Gasteiger partial charge is 0.336 e. The maximum Gasteiger partial charge on any atom is 0.246 e. The Morgan fingerprint density at radius 1 is 1.42 bits per heavy atom. The van der Waals surface area contributed by atoms with Crippen LogP contribution in [0.2, 0.25) is 0 Å². The van der Waals surface area contributed by atoms with Crippen LogP contribution in [0.15, 0.2) is 18.3 Å². The number of amides is 1. The molecule has 19 heavy (non-hydrogen) atoms. The van der Waals surface area contributed by atoms with Crippen LogP contribution >= 0.6 is 12.4 Å². The van der Waals surface area contributed by atoms with Crippen molar-refractivity contribution in [3.63, 3.8) is 0 Å². The molecule has 6 heteroatoms. The molecule has 2 rings (SSSR count). The van der Waals surface area contributed by atoms with Crippen molar-refractivity contribution < 1.29 is 4.79 Å². The van der Waals surface area contributed by atoms with E-state index >= 15 is 0 Å². The molecule has 106 valence electrons. The number of nitrogens with one attached hydrogen (secondary N) is 1. The number of aryl methyl sites for hydroxylation is 1. The van der Waals surface area contributed by atoms with E-state index in [1.807, 2.05) is 24.1 Å². The summed E-state index contributed by atoms with van der Waals surface area (Å²) in [5.41, 5.74) is 0.930. The molecule has 2 heterocycles. The van der Waals surface area contributed by atoms with Gasteiger partial charge in [0.15, 0.2) is 0 Å². The predicted molar refractivity (Wildman–Crippen MR) is 78.1 cm³/mol. The summed E-state index contributed by atoms with van der Waals surface area (Å²) in [6.45, 7) is 5.72.